The lowest BCUT2D eigenvalue weighted by atomic mass is 10.1. The monoisotopic (exact) mass is 375 g/mol. The lowest BCUT2D eigenvalue weighted by Gasteiger charge is -2.36. The van der Waals surface area contributed by atoms with Crippen molar-refractivity contribution in [2.75, 3.05) is 62.3 Å². The van der Waals surface area contributed by atoms with Gasteiger partial charge in [0.15, 0.2) is 0 Å². The summed E-state index contributed by atoms with van der Waals surface area (Å²) in [6.07, 6.45) is 1.79. The zero-order valence-electron chi connectivity index (χ0n) is 15.2. The average molecular weight is 375 g/mol. The zero-order valence-corrected chi connectivity index (χ0v) is 15.2. The summed E-state index contributed by atoms with van der Waals surface area (Å²) in [4.78, 5) is 15.6. The first-order chi connectivity index (χ1) is 13.2. The summed E-state index contributed by atoms with van der Waals surface area (Å²) in [6, 6.07) is 5.54. The molecule has 27 heavy (non-hydrogen) atoms. The topological polar surface area (TPSA) is 44.7 Å². The fraction of sp³-hybridized carbons (Fsp3) is 0.474. The summed E-state index contributed by atoms with van der Waals surface area (Å²) in [7, 11) is 0. The van der Waals surface area contributed by atoms with Crippen LogP contribution in [0.2, 0.25) is 0 Å². The van der Waals surface area contributed by atoms with E-state index >= 15 is 0 Å². The Labute approximate surface area is 157 Å². The smallest absolute Gasteiger partial charge is 0.227 e. The summed E-state index contributed by atoms with van der Waals surface area (Å²) in [5, 5.41) is 0. The van der Waals surface area contributed by atoms with Gasteiger partial charge in [0, 0.05) is 57.6 Å². The number of morpholine rings is 1. The molecule has 2 aliphatic rings. The fourth-order valence-electron chi connectivity index (χ4n) is 3.47. The van der Waals surface area contributed by atoms with Crippen LogP contribution in [0.25, 0.3) is 0 Å². The SMILES string of the molecule is Fc1ccc(F)c(CN2CCN(c3ccnc(N4CCOCC4)n3)CC2)c1. The largest absolute Gasteiger partial charge is 0.378 e. The Balaban J connectivity index is 1.37. The molecule has 2 aromatic rings. The van der Waals surface area contributed by atoms with Crippen LogP contribution in [0, 0.1) is 11.6 Å². The highest BCUT2D eigenvalue weighted by Gasteiger charge is 2.21. The molecule has 2 fully saturated rings. The van der Waals surface area contributed by atoms with Crippen molar-refractivity contribution in [2.24, 2.45) is 0 Å². The molecule has 0 saturated carbocycles. The van der Waals surface area contributed by atoms with Crippen molar-refractivity contribution in [2.45, 2.75) is 6.54 Å². The molecule has 0 bridgehead atoms. The van der Waals surface area contributed by atoms with Crippen LogP contribution >= 0.6 is 0 Å². The van der Waals surface area contributed by atoms with Crippen molar-refractivity contribution in [3.8, 4) is 0 Å². The van der Waals surface area contributed by atoms with Gasteiger partial charge in [0.1, 0.15) is 17.5 Å². The minimum Gasteiger partial charge on any atom is -0.378 e. The number of anilines is 2. The van der Waals surface area contributed by atoms with Gasteiger partial charge in [-0.3, -0.25) is 4.90 Å². The lowest BCUT2D eigenvalue weighted by Crippen LogP contribution is -2.46. The van der Waals surface area contributed by atoms with Crippen molar-refractivity contribution in [1.29, 1.82) is 0 Å². The van der Waals surface area contributed by atoms with E-state index in [0.717, 1.165) is 57.1 Å². The van der Waals surface area contributed by atoms with Crippen LogP contribution in [0.1, 0.15) is 5.56 Å². The third-order valence-electron chi connectivity index (χ3n) is 5.02. The second-order valence-electron chi connectivity index (χ2n) is 6.81. The normalized spacial score (nSPS) is 18.7. The number of aromatic nitrogens is 2. The van der Waals surface area contributed by atoms with Gasteiger partial charge in [0.2, 0.25) is 5.95 Å². The molecule has 0 N–H and O–H groups in total. The lowest BCUT2D eigenvalue weighted by molar-refractivity contribution is 0.122. The molecule has 4 rings (SSSR count). The number of ether oxygens (including phenoxy) is 1. The highest BCUT2D eigenvalue weighted by molar-refractivity contribution is 5.44. The molecule has 144 valence electrons. The van der Waals surface area contributed by atoms with Gasteiger partial charge >= 0.3 is 0 Å². The predicted molar refractivity (Wildman–Crippen MR) is 98.9 cm³/mol. The van der Waals surface area contributed by atoms with Crippen LogP contribution in [-0.2, 0) is 11.3 Å². The summed E-state index contributed by atoms with van der Waals surface area (Å²) < 4.78 is 32.6. The number of hydrogen-bond acceptors (Lipinski definition) is 6. The van der Waals surface area contributed by atoms with Crippen LogP contribution in [-0.4, -0.2) is 67.4 Å². The van der Waals surface area contributed by atoms with Gasteiger partial charge < -0.3 is 14.5 Å². The van der Waals surface area contributed by atoms with Gasteiger partial charge in [-0.1, -0.05) is 0 Å². The average Bonchev–Trinajstić information content (AvgIpc) is 2.72. The summed E-state index contributed by atoms with van der Waals surface area (Å²) in [6.45, 7) is 6.53. The van der Waals surface area contributed by atoms with Crippen molar-refractivity contribution in [3.63, 3.8) is 0 Å². The first kappa shape index (κ1) is 18.1. The third-order valence-corrected chi connectivity index (χ3v) is 5.02. The summed E-state index contributed by atoms with van der Waals surface area (Å²) in [5.41, 5.74) is 0.403. The zero-order chi connectivity index (χ0) is 18.6. The van der Waals surface area contributed by atoms with E-state index in [2.05, 4.69) is 19.7 Å². The number of halogens is 2. The Morgan fingerprint density at radius 2 is 1.70 bits per heavy atom. The van der Waals surface area contributed by atoms with E-state index in [1.54, 1.807) is 6.20 Å². The molecule has 1 aromatic heterocycles. The van der Waals surface area contributed by atoms with Gasteiger partial charge in [-0.25, -0.2) is 13.8 Å². The minimum atomic E-state index is -0.401. The molecular weight excluding hydrogens is 352 g/mol. The van der Waals surface area contributed by atoms with Gasteiger partial charge in [-0.2, -0.15) is 4.98 Å². The standard InChI is InChI=1S/C19H23F2N5O/c20-16-1-2-17(21)15(13-16)14-24-5-7-25(8-6-24)18-3-4-22-19(23-18)26-9-11-27-12-10-26/h1-4,13H,5-12,14H2. The third kappa shape index (κ3) is 4.33. The maximum atomic E-state index is 13.9. The van der Waals surface area contributed by atoms with Crippen LogP contribution in [0.15, 0.2) is 30.5 Å². The van der Waals surface area contributed by atoms with Gasteiger partial charge in [0.25, 0.3) is 0 Å². The Kier molecular flexibility index (Phi) is 5.45. The second kappa shape index (κ2) is 8.14. The molecule has 3 heterocycles. The Bertz CT molecular complexity index is 776. The highest BCUT2D eigenvalue weighted by atomic mass is 19.1. The Morgan fingerprint density at radius 3 is 2.48 bits per heavy atom. The van der Waals surface area contributed by atoms with Gasteiger partial charge in [-0.15, -0.1) is 0 Å². The molecule has 0 atom stereocenters. The van der Waals surface area contributed by atoms with Crippen molar-refractivity contribution >= 4 is 11.8 Å². The van der Waals surface area contributed by atoms with Crippen molar-refractivity contribution in [1.82, 2.24) is 14.9 Å². The molecule has 6 nitrogen and oxygen atoms in total. The van der Waals surface area contributed by atoms with E-state index < -0.39 is 5.82 Å². The molecule has 0 amide bonds. The Morgan fingerprint density at radius 1 is 0.926 bits per heavy atom. The maximum absolute atomic E-state index is 13.9. The van der Waals surface area contributed by atoms with Crippen LogP contribution in [0.4, 0.5) is 20.5 Å². The number of hydrogen-bond donors (Lipinski definition) is 0. The van der Waals surface area contributed by atoms with E-state index in [1.165, 1.54) is 12.1 Å². The Hall–Kier alpha value is -2.32. The van der Waals surface area contributed by atoms with Crippen LogP contribution in [0.5, 0.6) is 0 Å². The quantitative estimate of drug-likeness (QED) is 0.814. The maximum Gasteiger partial charge on any atom is 0.227 e. The predicted octanol–water partition coefficient (Wildman–Crippen LogP) is 1.91. The fourth-order valence-corrected chi connectivity index (χ4v) is 3.47. The summed E-state index contributed by atoms with van der Waals surface area (Å²) in [5.74, 6) is 0.884. The van der Waals surface area contributed by atoms with E-state index in [4.69, 9.17) is 9.72 Å². The van der Waals surface area contributed by atoms with Crippen LogP contribution in [0.3, 0.4) is 0 Å². The van der Waals surface area contributed by atoms with Crippen LogP contribution < -0.4 is 9.80 Å². The molecule has 2 aliphatic heterocycles. The highest BCUT2D eigenvalue weighted by Crippen LogP contribution is 2.19. The molecule has 0 radical (unpaired) electrons. The minimum absolute atomic E-state index is 0.357. The first-order valence-electron chi connectivity index (χ1n) is 9.26. The van der Waals surface area contributed by atoms with Crippen molar-refractivity contribution in [3.05, 3.63) is 47.7 Å². The second-order valence-corrected chi connectivity index (χ2v) is 6.81. The van der Waals surface area contributed by atoms with E-state index in [-0.39, 0.29) is 5.82 Å². The van der Waals surface area contributed by atoms with Crippen molar-refractivity contribution < 1.29 is 13.5 Å². The van der Waals surface area contributed by atoms with E-state index in [0.29, 0.717) is 25.3 Å². The number of nitrogens with zero attached hydrogens (tertiary/aromatic N) is 5. The number of piperazine rings is 1. The molecule has 8 heteroatoms. The molecule has 0 aliphatic carbocycles. The van der Waals surface area contributed by atoms with Gasteiger partial charge in [0.05, 0.1) is 13.2 Å². The van der Waals surface area contributed by atoms with E-state index in [1.807, 2.05) is 6.07 Å². The first-order valence-corrected chi connectivity index (χ1v) is 9.26. The molecule has 0 spiro atoms. The molecule has 0 unspecified atom stereocenters. The number of rotatable bonds is 4. The number of benzene rings is 1. The summed E-state index contributed by atoms with van der Waals surface area (Å²) >= 11 is 0. The van der Waals surface area contributed by atoms with Gasteiger partial charge in [-0.05, 0) is 24.3 Å². The van der Waals surface area contributed by atoms with E-state index in [9.17, 15) is 8.78 Å². The molecule has 1 aromatic carbocycles. The molecular formula is C19H23F2N5O. The molecule has 2 saturated heterocycles.